The molecular weight excluding hydrogens is 880 g/mol. The Morgan fingerprint density at radius 2 is 0.606 bits per heavy atom. The number of unbranched alkanes of at least 4 members (excludes halogenated alkanes) is 1. The Morgan fingerprint density at radius 3 is 0.924 bits per heavy atom. The Bertz CT molecular complexity index is 1460. The van der Waals surface area contributed by atoms with Gasteiger partial charge in [-0.3, -0.25) is 0 Å². The van der Waals surface area contributed by atoms with Gasteiger partial charge in [0.15, 0.2) is 50.3 Å². The van der Waals surface area contributed by atoms with Crippen molar-refractivity contribution in [2.45, 2.75) is 220 Å². The molecule has 0 aromatic rings. The van der Waals surface area contributed by atoms with Gasteiger partial charge in [0.2, 0.25) is 0 Å². The molecule has 0 saturated carbocycles. The first-order valence-corrected chi connectivity index (χ1v) is 24.3. The highest BCUT2D eigenvalue weighted by atomic mass is 16.8. The molecule has 16 bridgehead atoms. The summed E-state index contributed by atoms with van der Waals surface area (Å²) >= 11 is 0. The molecule has 6 N–H and O–H groups in total. The van der Waals surface area contributed by atoms with E-state index in [0.29, 0.717) is 19.3 Å². The van der Waals surface area contributed by atoms with E-state index < -0.39 is 124 Å². The van der Waals surface area contributed by atoms with E-state index in [-0.39, 0.29) is 110 Å². The van der Waals surface area contributed by atoms with Crippen LogP contribution in [0.5, 0.6) is 0 Å². The minimum absolute atomic E-state index is 0.0191. The molecule has 66 heavy (non-hydrogen) atoms. The van der Waals surface area contributed by atoms with Crippen LogP contribution in [0.2, 0.25) is 0 Å². The number of rotatable bonds is 3. The third kappa shape index (κ3) is 13.1. The molecule has 30 aliphatic rings. The minimum Gasteiger partial charge on any atom is -0.388 e. The highest BCUT2D eigenvalue weighted by molar-refractivity contribution is 4.86. The summed E-state index contributed by atoms with van der Waals surface area (Å²) in [7, 11) is 0. The number of hydrogen-bond donors (Lipinski definition) is 6. The summed E-state index contributed by atoms with van der Waals surface area (Å²) in [5.74, 6) is -0.0191. The molecule has 0 aromatic heterocycles. The predicted molar refractivity (Wildman–Crippen MR) is 218 cm³/mol. The fourth-order valence-electron chi connectivity index (χ4n) is 10.2. The van der Waals surface area contributed by atoms with E-state index in [9.17, 15) is 30.6 Å². The van der Waals surface area contributed by atoms with Crippen LogP contribution in [-0.2, 0) is 75.8 Å². The summed E-state index contributed by atoms with van der Waals surface area (Å²) in [4.78, 5) is 0. The lowest BCUT2D eigenvalue weighted by Gasteiger charge is -2.43. The van der Waals surface area contributed by atoms with E-state index in [1.807, 2.05) is 0 Å². The monoisotopic (exact) mass is 952 g/mol. The zero-order valence-electron chi connectivity index (χ0n) is 37.6. The quantitative estimate of drug-likeness (QED) is 0.207. The zero-order valence-corrected chi connectivity index (χ0v) is 37.6. The van der Waals surface area contributed by atoms with Gasteiger partial charge in [-0.15, -0.1) is 0 Å². The fraction of sp³-hybridized carbons (Fsp3) is 1.00. The van der Waals surface area contributed by atoms with E-state index in [1.165, 1.54) is 0 Å². The molecule has 0 aliphatic carbocycles. The maximum atomic E-state index is 11.1. The molecule has 22 nitrogen and oxygen atoms in total. The van der Waals surface area contributed by atoms with Gasteiger partial charge >= 0.3 is 0 Å². The van der Waals surface area contributed by atoms with Gasteiger partial charge in [0.25, 0.3) is 0 Å². The van der Waals surface area contributed by atoms with Crippen molar-refractivity contribution in [2.24, 2.45) is 5.92 Å². The lowest BCUT2D eigenvalue weighted by Crippen LogP contribution is -2.53. The average Bonchev–Trinajstić information content (AvgIpc) is 3.29. The van der Waals surface area contributed by atoms with Gasteiger partial charge in [0, 0.05) is 50.9 Å². The topological polar surface area (TPSA) is 269 Å². The van der Waals surface area contributed by atoms with Crippen molar-refractivity contribution in [2.75, 3.05) is 52.9 Å². The van der Waals surface area contributed by atoms with Crippen molar-refractivity contribution in [1.82, 2.24) is 0 Å². The maximum absolute atomic E-state index is 11.1. The van der Waals surface area contributed by atoms with Gasteiger partial charge < -0.3 is 106 Å². The minimum atomic E-state index is -1.06. The molecule has 30 heterocycles. The Morgan fingerprint density at radius 1 is 0.318 bits per heavy atom. The van der Waals surface area contributed by atoms with Crippen molar-refractivity contribution in [3.05, 3.63) is 0 Å². The average molecular weight is 953 g/mol. The molecule has 0 spiro atoms. The van der Waals surface area contributed by atoms with E-state index >= 15 is 0 Å². The number of aliphatic hydroxyl groups excluding tert-OH is 6. The molecule has 380 valence electrons. The van der Waals surface area contributed by atoms with Gasteiger partial charge in [-0.05, 0) is 19.3 Å². The van der Waals surface area contributed by atoms with Crippen LogP contribution in [0.25, 0.3) is 0 Å². The van der Waals surface area contributed by atoms with Crippen LogP contribution in [0.1, 0.15) is 84.0 Å². The van der Waals surface area contributed by atoms with Crippen LogP contribution in [0, 0.1) is 5.92 Å². The SMILES string of the molecule is CCCC[C@@H]1C[C@H]2COC1O[C@@H]1CO[C@H](O[C@@H]3CO[C@H](O[C@H]4CC[C@H](OC4)O[C@@H]4CO[C@H](O[C@@H]5CO[C@H](O[C@@H]6CO[C@H](OC7CO[C@H](O2)[C@H](O)C7)[C@H](O)C6)C(O)C5)[C@H](O)C4)[C@H](O)C3)[C@H](O)C1. The van der Waals surface area contributed by atoms with E-state index in [2.05, 4.69) is 6.92 Å². The first-order chi connectivity index (χ1) is 32.0. The van der Waals surface area contributed by atoms with Crippen molar-refractivity contribution < 1.29 is 106 Å². The second-order valence-corrected chi connectivity index (χ2v) is 19.3. The summed E-state index contributed by atoms with van der Waals surface area (Å²) in [6.45, 7) is 3.22. The van der Waals surface area contributed by atoms with Crippen LogP contribution in [-0.4, -0.2) is 219 Å². The first kappa shape index (κ1) is 50.1. The molecule has 30 aliphatic heterocycles. The van der Waals surface area contributed by atoms with Crippen LogP contribution in [0.3, 0.4) is 0 Å². The lowest BCUT2D eigenvalue weighted by molar-refractivity contribution is -0.333. The molecule has 30 fully saturated rings. The van der Waals surface area contributed by atoms with Gasteiger partial charge in [-0.25, -0.2) is 0 Å². The summed E-state index contributed by atoms with van der Waals surface area (Å²) in [5, 5.41) is 66.0. The van der Waals surface area contributed by atoms with Crippen LogP contribution >= 0.6 is 0 Å². The summed E-state index contributed by atoms with van der Waals surface area (Å²) in [5.41, 5.74) is 0. The molecule has 0 radical (unpaired) electrons. The molecule has 0 amide bonds. The summed E-state index contributed by atoms with van der Waals surface area (Å²) in [6, 6.07) is 0. The number of aliphatic hydroxyl groups is 6. The molecule has 3 unspecified atom stereocenters. The van der Waals surface area contributed by atoms with Gasteiger partial charge in [-0.2, -0.15) is 0 Å². The molecule has 0 aromatic carbocycles. The number of hydrogen-bond acceptors (Lipinski definition) is 22. The van der Waals surface area contributed by atoms with E-state index in [1.54, 1.807) is 0 Å². The normalized spacial score (nSPS) is 50.5. The van der Waals surface area contributed by atoms with Gasteiger partial charge in [-0.1, -0.05) is 19.8 Å². The Kier molecular flexibility index (Phi) is 17.9. The van der Waals surface area contributed by atoms with Crippen LogP contribution in [0.15, 0.2) is 0 Å². The van der Waals surface area contributed by atoms with Gasteiger partial charge in [0.1, 0.15) is 36.6 Å². The van der Waals surface area contributed by atoms with Gasteiger partial charge in [0.05, 0.1) is 102 Å². The van der Waals surface area contributed by atoms with Crippen molar-refractivity contribution >= 4 is 0 Å². The smallest absolute Gasteiger partial charge is 0.184 e. The van der Waals surface area contributed by atoms with E-state index in [0.717, 1.165) is 19.3 Å². The van der Waals surface area contributed by atoms with Crippen molar-refractivity contribution in [1.29, 1.82) is 0 Å². The highest BCUT2D eigenvalue weighted by Crippen LogP contribution is 2.35. The predicted octanol–water partition coefficient (Wildman–Crippen LogP) is -0.585. The van der Waals surface area contributed by atoms with E-state index in [4.69, 9.17) is 75.8 Å². The Hall–Kier alpha value is -0.880. The molecule has 23 atom stereocenters. The van der Waals surface area contributed by atoms with Crippen LogP contribution in [0.4, 0.5) is 0 Å². The lowest BCUT2D eigenvalue weighted by atomic mass is 9.92. The Labute approximate surface area is 384 Å². The largest absolute Gasteiger partial charge is 0.388 e. The molecule has 30 rings (SSSR count). The first-order valence-electron chi connectivity index (χ1n) is 24.3. The second-order valence-electron chi connectivity index (χ2n) is 19.3. The molecule has 22 heteroatoms. The standard InChI is InChI=1S/C44H72O22/c1-2-3-4-22-7-24-15-52-38(22)61-26-9-33(47)42(55-17-26)64-27-10-32(46)39(54-18-27)60-23-5-6-37(51-14-23)59-25-8-31(45)41(53-16-25)63-29-12-35(49)44(57-20-29)66-30-13-36(50)43(58-21-30)65-28-11-34(48)40(62-24)56-19-28/h22-50H,2-21H2,1H3/t22-,23+,24+,25+,26+,27+,28?,29+,30+,31-,32-,33-,34-,35?,36-,37-,38?,39-,40-,41-,42-,43-,44-/m1/s1. The van der Waals surface area contributed by atoms with Crippen molar-refractivity contribution in [3.8, 4) is 0 Å². The zero-order chi connectivity index (χ0) is 45.7. The second kappa shape index (κ2) is 23.6. The van der Waals surface area contributed by atoms with Crippen LogP contribution < -0.4 is 0 Å². The summed E-state index contributed by atoms with van der Waals surface area (Å²) in [6.07, 6.45) is -11.1. The summed E-state index contributed by atoms with van der Waals surface area (Å²) < 4.78 is 96.6. The maximum Gasteiger partial charge on any atom is 0.184 e. The molecular formula is C44H72O22. The highest BCUT2D eigenvalue weighted by Gasteiger charge is 2.45. The third-order valence-corrected chi connectivity index (χ3v) is 13.7. The molecule has 30 saturated heterocycles. The van der Waals surface area contributed by atoms with Crippen molar-refractivity contribution in [3.63, 3.8) is 0 Å². The fourth-order valence-corrected chi connectivity index (χ4v) is 10.2. The third-order valence-electron chi connectivity index (χ3n) is 13.7. The Balaban J connectivity index is 0.800. The number of ether oxygens (including phenoxy) is 16.